The molecule has 0 radical (unpaired) electrons. The highest BCUT2D eigenvalue weighted by atomic mass is 35.5. The molecule has 2 saturated heterocycles. The number of hydrogen-bond donors (Lipinski definition) is 2. The van der Waals surface area contributed by atoms with Gasteiger partial charge in [0.1, 0.15) is 0 Å². The van der Waals surface area contributed by atoms with Crippen molar-refractivity contribution in [2.24, 2.45) is 0 Å². The second-order valence-corrected chi connectivity index (χ2v) is 5.47. The number of β-amino-alcohol motifs (C(OH)–C–C–N with tert-alkyl or cyclic N) is 1. The van der Waals surface area contributed by atoms with E-state index in [0.717, 1.165) is 17.9 Å². The van der Waals surface area contributed by atoms with E-state index in [9.17, 15) is 9.90 Å². The highest BCUT2D eigenvalue weighted by Gasteiger charge is 2.33. The average Bonchev–Trinajstić information content (AvgIpc) is 2.85. The first-order valence-corrected chi connectivity index (χ1v) is 6.60. The Hall–Kier alpha value is 0.0300. The Labute approximate surface area is 107 Å². The second-order valence-electron chi connectivity index (χ2n) is 4.32. The molecule has 4 nitrogen and oxygen atoms in total. The van der Waals surface area contributed by atoms with Gasteiger partial charge >= 0.3 is 0 Å². The summed E-state index contributed by atoms with van der Waals surface area (Å²) in [7, 11) is 1.88. The number of likely N-dealkylation sites (N-methyl/N-ethyl adjacent to an activating group) is 1. The van der Waals surface area contributed by atoms with Gasteiger partial charge in [-0.05, 0) is 18.6 Å². The maximum absolute atomic E-state index is 12.0. The summed E-state index contributed by atoms with van der Waals surface area (Å²) in [5.41, 5.74) is 0. The molecule has 0 aromatic carbocycles. The van der Waals surface area contributed by atoms with Crippen LogP contribution >= 0.6 is 24.2 Å². The number of carbonyl (C=O) groups is 1. The Kier molecular flexibility index (Phi) is 5.37. The van der Waals surface area contributed by atoms with E-state index in [1.165, 1.54) is 0 Å². The highest BCUT2D eigenvalue weighted by Crippen LogP contribution is 2.22. The van der Waals surface area contributed by atoms with E-state index in [1.807, 2.05) is 23.7 Å². The van der Waals surface area contributed by atoms with Gasteiger partial charge in [-0.15, -0.1) is 12.4 Å². The van der Waals surface area contributed by atoms with E-state index < -0.39 is 0 Å². The molecule has 2 N–H and O–H groups in total. The molecule has 0 spiro atoms. The SMILES string of the molecule is CN(C(=O)C1CC(O)CN1)C1CCSC1.Cl. The van der Waals surface area contributed by atoms with Crippen LogP contribution in [0.2, 0.25) is 0 Å². The molecule has 94 valence electrons. The number of nitrogens with one attached hydrogen (secondary N) is 1. The van der Waals surface area contributed by atoms with Crippen LogP contribution in [0.25, 0.3) is 0 Å². The molecule has 0 bridgehead atoms. The van der Waals surface area contributed by atoms with Crippen molar-refractivity contribution in [1.82, 2.24) is 10.2 Å². The third-order valence-corrected chi connectivity index (χ3v) is 4.35. The van der Waals surface area contributed by atoms with Gasteiger partial charge in [-0.3, -0.25) is 4.79 Å². The van der Waals surface area contributed by atoms with E-state index in [4.69, 9.17) is 0 Å². The summed E-state index contributed by atoms with van der Waals surface area (Å²) in [5.74, 6) is 2.35. The van der Waals surface area contributed by atoms with Crippen LogP contribution < -0.4 is 5.32 Å². The van der Waals surface area contributed by atoms with Crippen LogP contribution in [0.1, 0.15) is 12.8 Å². The summed E-state index contributed by atoms with van der Waals surface area (Å²) < 4.78 is 0. The molecular formula is C10H19ClN2O2S. The molecule has 2 fully saturated rings. The van der Waals surface area contributed by atoms with Crippen molar-refractivity contribution in [3.05, 3.63) is 0 Å². The number of carbonyl (C=O) groups excluding carboxylic acids is 1. The highest BCUT2D eigenvalue weighted by molar-refractivity contribution is 7.99. The topological polar surface area (TPSA) is 52.6 Å². The maximum atomic E-state index is 12.0. The summed E-state index contributed by atoms with van der Waals surface area (Å²) >= 11 is 1.91. The van der Waals surface area contributed by atoms with Crippen molar-refractivity contribution < 1.29 is 9.90 Å². The lowest BCUT2D eigenvalue weighted by molar-refractivity contribution is -0.133. The Balaban J connectivity index is 0.00000128. The van der Waals surface area contributed by atoms with Gasteiger partial charge in [-0.2, -0.15) is 11.8 Å². The van der Waals surface area contributed by atoms with Gasteiger partial charge in [0.15, 0.2) is 0 Å². The van der Waals surface area contributed by atoms with Crippen LogP contribution in [0.4, 0.5) is 0 Å². The molecule has 2 aliphatic rings. The predicted molar refractivity (Wildman–Crippen MR) is 68.2 cm³/mol. The lowest BCUT2D eigenvalue weighted by Crippen LogP contribution is -2.46. The molecule has 3 atom stereocenters. The van der Waals surface area contributed by atoms with Gasteiger partial charge < -0.3 is 15.3 Å². The second kappa shape index (κ2) is 6.10. The van der Waals surface area contributed by atoms with Gasteiger partial charge in [0.2, 0.25) is 5.91 Å². The molecule has 3 unspecified atom stereocenters. The summed E-state index contributed by atoms with van der Waals surface area (Å²) in [6.07, 6.45) is 1.30. The maximum Gasteiger partial charge on any atom is 0.239 e. The largest absolute Gasteiger partial charge is 0.392 e. The number of aliphatic hydroxyl groups is 1. The van der Waals surface area contributed by atoms with Crippen LogP contribution in [-0.2, 0) is 4.79 Å². The normalized spacial score (nSPS) is 33.5. The minimum atomic E-state index is -0.356. The zero-order valence-electron chi connectivity index (χ0n) is 9.39. The van der Waals surface area contributed by atoms with Crippen LogP contribution in [0, 0.1) is 0 Å². The molecule has 1 amide bonds. The summed E-state index contributed by atoms with van der Waals surface area (Å²) in [6.45, 7) is 0.545. The van der Waals surface area contributed by atoms with Crippen LogP contribution in [0.3, 0.4) is 0 Å². The van der Waals surface area contributed by atoms with Gasteiger partial charge in [0.05, 0.1) is 12.1 Å². The average molecular weight is 267 g/mol. The fraction of sp³-hybridized carbons (Fsp3) is 0.900. The minimum Gasteiger partial charge on any atom is -0.392 e. The zero-order chi connectivity index (χ0) is 10.8. The molecule has 2 heterocycles. The number of hydrogen-bond acceptors (Lipinski definition) is 4. The third kappa shape index (κ3) is 3.03. The number of nitrogens with zero attached hydrogens (tertiary/aromatic N) is 1. The minimum absolute atomic E-state index is 0. The van der Waals surface area contributed by atoms with E-state index in [-0.39, 0.29) is 30.5 Å². The molecule has 0 saturated carbocycles. The molecule has 16 heavy (non-hydrogen) atoms. The van der Waals surface area contributed by atoms with Gasteiger partial charge in [0, 0.05) is 25.4 Å². The number of rotatable bonds is 2. The van der Waals surface area contributed by atoms with Gasteiger partial charge in [-0.25, -0.2) is 0 Å². The smallest absolute Gasteiger partial charge is 0.239 e. The first kappa shape index (κ1) is 14.1. The number of aliphatic hydroxyl groups excluding tert-OH is 1. The van der Waals surface area contributed by atoms with Crippen molar-refractivity contribution in [3.8, 4) is 0 Å². The van der Waals surface area contributed by atoms with Crippen LogP contribution in [0.5, 0.6) is 0 Å². The number of thioether (sulfide) groups is 1. The fourth-order valence-electron chi connectivity index (χ4n) is 2.16. The van der Waals surface area contributed by atoms with E-state index in [2.05, 4.69) is 5.32 Å². The van der Waals surface area contributed by atoms with Crippen molar-refractivity contribution in [3.63, 3.8) is 0 Å². The summed E-state index contributed by atoms with van der Waals surface area (Å²) in [5, 5.41) is 12.4. The Morgan fingerprint density at radius 3 is 2.81 bits per heavy atom. The number of halogens is 1. The fourth-order valence-corrected chi connectivity index (χ4v) is 3.43. The molecule has 2 rings (SSSR count). The third-order valence-electron chi connectivity index (χ3n) is 3.21. The molecule has 0 aliphatic carbocycles. The van der Waals surface area contributed by atoms with E-state index in [0.29, 0.717) is 19.0 Å². The molecule has 6 heteroatoms. The van der Waals surface area contributed by atoms with Crippen molar-refractivity contribution >= 4 is 30.1 Å². The summed E-state index contributed by atoms with van der Waals surface area (Å²) in [6, 6.07) is 0.220. The lowest BCUT2D eigenvalue weighted by atomic mass is 10.1. The van der Waals surface area contributed by atoms with Crippen molar-refractivity contribution in [1.29, 1.82) is 0 Å². The Morgan fingerprint density at radius 1 is 1.56 bits per heavy atom. The first-order chi connectivity index (χ1) is 7.18. The van der Waals surface area contributed by atoms with Crippen molar-refractivity contribution in [2.45, 2.75) is 31.0 Å². The van der Waals surface area contributed by atoms with Crippen LogP contribution in [-0.4, -0.2) is 59.2 Å². The molecule has 0 aromatic rings. The number of amides is 1. The molecule has 2 aliphatic heterocycles. The predicted octanol–water partition coefficient (Wildman–Crippen LogP) is 0.0949. The van der Waals surface area contributed by atoms with E-state index >= 15 is 0 Å². The van der Waals surface area contributed by atoms with Crippen LogP contribution in [0.15, 0.2) is 0 Å². The van der Waals surface area contributed by atoms with E-state index in [1.54, 1.807) is 0 Å². The monoisotopic (exact) mass is 266 g/mol. The van der Waals surface area contributed by atoms with Gasteiger partial charge in [-0.1, -0.05) is 0 Å². The van der Waals surface area contributed by atoms with Crippen molar-refractivity contribution in [2.75, 3.05) is 25.1 Å². The van der Waals surface area contributed by atoms with Gasteiger partial charge in [0.25, 0.3) is 0 Å². The quantitative estimate of drug-likeness (QED) is 0.744. The molecular weight excluding hydrogens is 248 g/mol. The zero-order valence-corrected chi connectivity index (χ0v) is 11.0. The first-order valence-electron chi connectivity index (χ1n) is 5.44. The summed E-state index contributed by atoms with van der Waals surface area (Å²) in [4.78, 5) is 13.9. The lowest BCUT2D eigenvalue weighted by Gasteiger charge is -2.26. The Bertz CT molecular complexity index is 249. The Morgan fingerprint density at radius 2 is 2.31 bits per heavy atom. The standard InChI is InChI=1S/C10H18N2O2S.ClH/c1-12(7-2-3-15-6-7)10(14)9-4-8(13)5-11-9;/h7-9,11,13H,2-6H2,1H3;1H. The molecule has 0 aromatic heterocycles.